The number of ether oxygens (including phenoxy) is 1. The fraction of sp³-hybridized carbons (Fsp3) is 1.00. The Hall–Kier alpha value is -0.120. The van der Waals surface area contributed by atoms with Crippen LogP contribution in [0.4, 0.5) is 0 Å². The second-order valence-electron chi connectivity index (χ2n) is 4.19. The van der Waals surface area contributed by atoms with Gasteiger partial charge in [0.25, 0.3) is 0 Å². The van der Waals surface area contributed by atoms with Gasteiger partial charge in [-0.05, 0) is 25.3 Å². The van der Waals surface area contributed by atoms with E-state index in [1.807, 2.05) is 6.92 Å². The molecule has 0 spiro atoms. The Morgan fingerprint density at radius 3 is 2.53 bits per heavy atom. The van der Waals surface area contributed by atoms with Gasteiger partial charge < -0.3 is 15.2 Å². The van der Waals surface area contributed by atoms with Gasteiger partial charge >= 0.3 is 0 Å². The zero-order valence-electron chi connectivity index (χ0n) is 10.5. The molecule has 0 aliphatic heterocycles. The molecule has 0 aromatic carbocycles. The van der Waals surface area contributed by atoms with Gasteiger partial charge in [-0.15, -0.1) is 0 Å². The molecule has 0 fully saturated rings. The van der Waals surface area contributed by atoms with Crippen LogP contribution in [0.2, 0.25) is 0 Å². The Labute approximate surface area is 94.2 Å². The second-order valence-corrected chi connectivity index (χ2v) is 4.19. The summed E-state index contributed by atoms with van der Waals surface area (Å²) in [6.07, 6.45) is 3.35. The lowest BCUT2D eigenvalue weighted by Crippen LogP contribution is -2.33. The first-order chi connectivity index (χ1) is 7.24. The lowest BCUT2D eigenvalue weighted by Gasteiger charge is -2.16. The first kappa shape index (κ1) is 14.9. The highest BCUT2D eigenvalue weighted by molar-refractivity contribution is 4.63. The lowest BCUT2D eigenvalue weighted by atomic mass is 10.1. The fourth-order valence-corrected chi connectivity index (χ4v) is 1.63. The molecular formula is C12H27NO2. The summed E-state index contributed by atoms with van der Waals surface area (Å²) >= 11 is 0. The zero-order chi connectivity index (χ0) is 11.5. The van der Waals surface area contributed by atoms with Crippen molar-refractivity contribution < 1.29 is 9.84 Å². The summed E-state index contributed by atoms with van der Waals surface area (Å²) in [5.41, 5.74) is 0. The summed E-state index contributed by atoms with van der Waals surface area (Å²) in [6, 6.07) is 0.191. The van der Waals surface area contributed by atoms with Crippen molar-refractivity contribution in [1.82, 2.24) is 5.32 Å². The molecule has 0 aliphatic rings. The molecule has 0 aromatic heterocycles. The van der Waals surface area contributed by atoms with E-state index in [9.17, 15) is 0 Å². The molecule has 2 unspecified atom stereocenters. The van der Waals surface area contributed by atoms with Crippen molar-refractivity contribution in [3.63, 3.8) is 0 Å². The molecule has 0 rings (SSSR count). The summed E-state index contributed by atoms with van der Waals surface area (Å²) in [7, 11) is 0. The van der Waals surface area contributed by atoms with Crippen LogP contribution < -0.4 is 5.32 Å². The van der Waals surface area contributed by atoms with Crippen LogP contribution in [0.15, 0.2) is 0 Å². The standard InChI is InChI=1S/C12H27NO2/c1-4-6-11(3)10-15-8-7-12(9-14)13-5-2/h11-14H,4-10H2,1-3H3. The number of hydrogen-bond donors (Lipinski definition) is 2. The molecule has 0 saturated heterocycles. The van der Waals surface area contributed by atoms with Crippen LogP contribution in [-0.4, -0.2) is 37.5 Å². The highest BCUT2D eigenvalue weighted by Gasteiger charge is 2.05. The molecule has 3 nitrogen and oxygen atoms in total. The fourth-order valence-electron chi connectivity index (χ4n) is 1.63. The number of aliphatic hydroxyl groups is 1. The third-order valence-corrected chi connectivity index (χ3v) is 2.51. The Bertz CT molecular complexity index is 131. The van der Waals surface area contributed by atoms with Gasteiger partial charge in [0.15, 0.2) is 0 Å². The quantitative estimate of drug-likeness (QED) is 0.548. The van der Waals surface area contributed by atoms with E-state index in [1.54, 1.807) is 0 Å². The molecular weight excluding hydrogens is 190 g/mol. The monoisotopic (exact) mass is 217 g/mol. The molecule has 2 N–H and O–H groups in total. The van der Waals surface area contributed by atoms with Crippen LogP contribution in [0, 0.1) is 5.92 Å². The molecule has 0 aliphatic carbocycles. The van der Waals surface area contributed by atoms with Gasteiger partial charge in [0.2, 0.25) is 0 Å². The van der Waals surface area contributed by atoms with E-state index in [2.05, 4.69) is 19.2 Å². The third-order valence-electron chi connectivity index (χ3n) is 2.51. The average molecular weight is 217 g/mol. The van der Waals surface area contributed by atoms with Gasteiger partial charge in [-0.1, -0.05) is 27.2 Å². The maximum atomic E-state index is 9.03. The first-order valence-corrected chi connectivity index (χ1v) is 6.16. The molecule has 0 radical (unpaired) electrons. The number of hydrogen-bond acceptors (Lipinski definition) is 3. The zero-order valence-corrected chi connectivity index (χ0v) is 10.5. The lowest BCUT2D eigenvalue weighted by molar-refractivity contribution is 0.0876. The number of aliphatic hydroxyl groups excluding tert-OH is 1. The van der Waals surface area contributed by atoms with Crippen LogP contribution in [0.1, 0.15) is 40.0 Å². The van der Waals surface area contributed by atoms with Crippen molar-refractivity contribution in [3.8, 4) is 0 Å². The van der Waals surface area contributed by atoms with Crippen LogP contribution in [0.5, 0.6) is 0 Å². The van der Waals surface area contributed by atoms with Crippen molar-refractivity contribution >= 4 is 0 Å². The Morgan fingerprint density at radius 2 is 2.00 bits per heavy atom. The summed E-state index contributed by atoms with van der Waals surface area (Å²) in [5, 5.41) is 12.2. The minimum Gasteiger partial charge on any atom is -0.395 e. The van der Waals surface area contributed by atoms with Crippen LogP contribution in [0.3, 0.4) is 0 Å². The Kier molecular flexibility index (Phi) is 10.3. The van der Waals surface area contributed by atoms with E-state index in [-0.39, 0.29) is 12.6 Å². The van der Waals surface area contributed by atoms with Gasteiger partial charge in [-0.2, -0.15) is 0 Å². The molecule has 0 aromatic rings. The van der Waals surface area contributed by atoms with E-state index in [1.165, 1.54) is 12.8 Å². The normalized spacial score (nSPS) is 15.2. The second kappa shape index (κ2) is 10.4. The predicted molar refractivity (Wildman–Crippen MR) is 64.1 cm³/mol. The SMILES string of the molecule is CCCC(C)COCCC(CO)NCC. The number of nitrogens with one attached hydrogen (secondary N) is 1. The first-order valence-electron chi connectivity index (χ1n) is 6.16. The van der Waals surface area contributed by atoms with Crippen LogP contribution >= 0.6 is 0 Å². The smallest absolute Gasteiger partial charge is 0.0585 e. The van der Waals surface area contributed by atoms with Gasteiger partial charge in [0.1, 0.15) is 0 Å². The van der Waals surface area contributed by atoms with Crippen LogP contribution in [0.25, 0.3) is 0 Å². The van der Waals surface area contributed by atoms with E-state index < -0.39 is 0 Å². The van der Waals surface area contributed by atoms with E-state index >= 15 is 0 Å². The highest BCUT2D eigenvalue weighted by atomic mass is 16.5. The predicted octanol–water partition coefficient (Wildman–Crippen LogP) is 1.80. The van der Waals surface area contributed by atoms with E-state index in [0.717, 1.165) is 26.2 Å². The molecule has 2 atom stereocenters. The van der Waals surface area contributed by atoms with Gasteiger partial charge in [0, 0.05) is 19.3 Å². The summed E-state index contributed by atoms with van der Waals surface area (Å²) < 4.78 is 5.58. The molecule has 0 heterocycles. The molecule has 15 heavy (non-hydrogen) atoms. The molecule has 92 valence electrons. The maximum Gasteiger partial charge on any atom is 0.0585 e. The molecule has 0 bridgehead atoms. The van der Waals surface area contributed by atoms with Gasteiger partial charge in [0.05, 0.1) is 6.61 Å². The number of rotatable bonds is 10. The average Bonchev–Trinajstić information content (AvgIpc) is 2.23. The highest BCUT2D eigenvalue weighted by Crippen LogP contribution is 2.05. The Morgan fingerprint density at radius 1 is 1.27 bits per heavy atom. The number of likely N-dealkylation sites (N-methyl/N-ethyl adjacent to an activating group) is 1. The molecule has 0 amide bonds. The van der Waals surface area contributed by atoms with Crippen molar-refractivity contribution in [2.75, 3.05) is 26.4 Å². The van der Waals surface area contributed by atoms with Crippen molar-refractivity contribution in [2.45, 2.75) is 46.1 Å². The maximum absolute atomic E-state index is 9.03. The molecule has 3 heteroatoms. The summed E-state index contributed by atoms with van der Waals surface area (Å²) in [5.74, 6) is 0.654. The van der Waals surface area contributed by atoms with Gasteiger partial charge in [-0.3, -0.25) is 0 Å². The van der Waals surface area contributed by atoms with Crippen LogP contribution in [-0.2, 0) is 4.74 Å². The summed E-state index contributed by atoms with van der Waals surface area (Å²) in [6.45, 7) is 9.15. The largest absolute Gasteiger partial charge is 0.395 e. The van der Waals surface area contributed by atoms with Crippen molar-refractivity contribution in [1.29, 1.82) is 0 Å². The van der Waals surface area contributed by atoms with Gasteiger partial charge in [-0.25, -0.2) is 0 Å². The minimum absolute atomic E-state index is 0.191. The van der Waals surface area contributed by atoms with Crippen molar-refractivity contribution in [3.05, 3.63) is 0 Å². The Balaban J connectivity index is 3.35. The van der Waals surface area contributed by atoms with E-state index in [0.29, 0.717) is 5.92 Å². The van der Waals surface area contributed by atoms with E-state index in [4.69, 9.17) is 9.84 Å². The van der Waals surface area contributed by atoms with Crippen molar-refractivity contribution in [2.24, 2.45) is 5.92 Å². The topological polar surface area (TPSA) is 41.5 Å². The molecule has 0 saturated carbocycles. The minimum atomic E-state index is 0.191. The third kappa shape index (κ3) is 8.85. The summed E-state index contributed by atoms with van der Waals surface area (Å²) in [4.78, 5) is 0.